The molecule has 1 N–H and O–H groups in total. The minimum atomic E-state index is -3.99. The van der Waals surface area contributed by atoms with Gasteiger partial charge in [0, 0.05) is 6.07 Å². The second kappa shape index (κ2) is 11.2. The number of nitrogens with zero attached hydrogens (tertiary/aromatic N) is 1. The number of methoxy groups -OCH3 is 2. The van der Waals surface area contributed by atoms with Gasteiger partial charge < -0.3 is 19.5 Å². The fourth-order valence-corrected chi connectivity index (χ4v) is 4.51. The van der Waals surface area contributed by atoms with E-state index in [9.17, 15) is 13.2 Å². The molecule has 33 heavy (non-hydrogen) atoms. The molecule has 0 saturated heterocycles. The van der Waals surface area contributed by atoms with Gasteiger partial charge in [-0.05, 0) is 36.4 Å². The summed E-state index contributed by atoms with van der Waals surface area (Å²) in [4.78, 5) is 12.7. The fourth-order valence-electron chi connectivity index (χ4n) is 3.08. The van der Waals surface area contributed by atoms with E-state index in [0.29, 0.717) is 22.9 Å². The first-order valence-electron chi connectivity index (χ1n) is 10.2. The van der Waals surface area contributed by atoms with Gasteiger partial charge in [0.05, 0.1) is 31.3 Å². The lowest BCUT2D eigenvalue weighted by atomic mass is 10.3. The van der Waals surface area contributed by atoms with Gasteiger partial charge in [0.25, 0.3) is 10.0 Å². The molecule has 0 heterocycles. The fraction of sp³-hybridized carbons (Fsp3) is 0.208. The molecule has 1 amide bonds. The van der Waals surface area contributed by atoms with Crippen LogP contribution in [0.4, 0.5) is 5.69 Å². The average molecular weight is 471 g/mol. The lowest BCUT2D eigenvalue weighted by Crippen LogP contribution is -2.41. The standard InChI is InChI=1S/C24H26N2O6S/c1-30-20-10-8-9-19(17-20)26(33(28,29)21-11-4-3-5-12-21)18-24(27)25-15-16-32-23-14-7-6-13-22(23)31-2/h3-14,17H,15-16,18H2,1-2H3,(H,25,27). The van der Waals surface area contributed by atoms with Crippen molar-refractivity contribution >= 4 is 21.6 Å². The van der Waals surface area contributed by atoms with Crippen molar-refractivity contribution in [1.29, 1.82) is 0 Å². The van der Waals surface area contributed by atoms with E-state index in [1.807, 2.05) is 12.1 Å². The van der Waals surface area contributed by atoms with E-state index >= 15 is 0 Å². The molecule has 0 radical (unpaired) electrons. The molecule has 0 aliphatic carbocycles. The predicted octanol–water partition coefficient (Wildman–Crippen LogP) is 3.09. The van der Waals surface area contributed by atoms with Crippen molar-refractivity contribution in [3.05, 3.63) is 78.9 Å². The summed E-state index contributed by atoms with van der Waals surface area (Å²) in [7, 11) is -0.952. The van der Waals surface area contributed by atoms with Gasteiger partial charge >= 0.3 is 0 Å². The van der Waals surface area contributed by atoms with Crippen LogP contribution in [0.25, 0.3) is 0 Å². The SMILES string of the molecule is COc1cccc(N(CC(=O)NCCOc2ccccc2OC)S(=O)(=O)c2ccccc2)c1. The Morgan fingerprint density at radius 2 is 1.58 bits per heavy atom. The maximum atomic E-state index is 13.3. The van der Waals surface area contributed by atoms with Crippen LogP contribution in [0, 0.1) is 0 Å². The molecule has 0 aliphatic rings. The highest BCUT2D eigenvalue weighted by molar-refractivity contribution is 7.92. The van der Waals surface area contributed by atoms with Crippen LogP contribution in [-0.4, -0.2) is 48.2 Å². The normalized spacial score (nSPS) is 10.8. The number of benzene rings is 3. The number of hydrogen-bond donors (Lipinski definition) is 1. The monoisotopic (exact) mass is 470 g/mol. The Hall–Kier alpha value is -3.72. The Kier molecular flexibility index (Phi) is 8.15. The molecule has 174 valence electrons. The second-order valence-corrected chi connectivity index (χ2v) is 8.74. The van der Waals surface area contributed by atoms with Crippen molar-refractivity contribution in [3.8, 4) is 17.2 Å². The molecule has 3 aromatic carbocycles. The largest absolute Gasteiger partial charge is 0.497 e. The Bertz CT molecular complexity index is 1170. The van der Waals surface area contributed by atoms with E-state index in [0.717, 1.165) is 4.31 Å². The van der Waals surface area contributed by atoms with Crippen molar-refractivity contribution in [1.82, 2.24) is 5.32 Å². The average Bonchev–Trinajstić information content (AvgIpc) is 2.85. The number of hydrogen-bond acceptors (Lipinski definition) is 6. The Balaban J connectivity index is 1.71. The van der Waals surface area contributed by atoms with Gasteiger partial charge in [-0.25, -0.2) is 8.42 Å². The minimum absolute atomic E-state index is 0.0834. The van der Waals surface area contributed by atoms with Crippen molar-refractivity contribution in [2.24, 2.45) is 0 Å². The number of rotatable bonds is 11. The van der Waals surface area contributed by atoms with Gasteiger partial charge in [0.2, 0.25) is 5.91 Å². The van der Waals surface area contributed by atoms with Crippen LogP contribution in [0.1, 0.15) is 0 Å². The summed E-state index contributed by atoms with van der Waals surface area (Å²) in [5, 5.41) is 2.70. The number of carbonyl (C=O) groups is 1. The van der Waals surface area contributed by atoms with E-state index in [-0.39, 0.29) is 18.0 Å². The number of anilines is 1. The maximum Gasteiger partial charge on any atom is 0.264 e. The zero-order valence-electron chi connectivity index (χ0n) is 18.4. The summed E-state index contributed by atoms with van der Waals surface area (Å²) in [6.45, 7) is -0.0238. The molecule has 0 spiro atoms. The third-order valence-corrected chi connectivity index (χ3v) is 6.50. The third kappa shape index (κ3) is 6.17. The molecule has 3 aromatic rings. The van der Waals surface area contributed by atoms with Crippen LogP contribution in [0.15, 0.2) is 83.8 Å². The minimum Gasteiger partial charge on any atom is -0.497 e. The van der Waals surface area contributed by atoms with Gasteiger partial charge in [-0.1, -0.05) is 36.4 Å². The first-order valence-corrected chi connectivity index (χ1v) is 11.6. The molecule has 3 rings (SSSR count). The van der Waals surface area contributed by atoms with Gasteiger partial charge in [0.15, 0.2) is 11.5 Å². The molecule has 0 unspecified atom stereocenters. The third-order valence-electron chi connectivity index (χ3n) is 4.71. The van der Waals surface area contributed by atoms with Crippen LogP contribution in [0.2, 0.25) is 0 Å². The first-order chi connectivity index (χ1) is 16.0. The zero-order valence-corrected chi connectivity index (χ0v) is 19.2. The van der Waals surface area contributed by atoms with Crippen molar-refractivity contribution in [2.75, 3.05) is 38.2 Å². The summed E-state index contributed by atoms with van der Waals surface area (Å²) < 4.78 is 43.8. The highest BCUT2D eigenvalue weighted by Gasteiger charge is 2.27. The first kappa shape index (κ1) is 23.9. The summed E-state index contributed by atoms with van der Waals surface area (Å²) in [6.07, 6.45) is 0. The number of sulfonamides is 1. The molecule has 0 bridgehead atoms. The van der Waals surface area contributed by atoms with Gasteiger partial charge in [-0.15, -0.1) is 0 Å². The summed E-state index contributed by atoms with van der Waals surface area (Å²) in [5.41, 5.74) is 0.318. The van der Waals surface area contributed by atoms with Crippen molar-refractivity contribution in [2.45, 2.75) is 4.90 Å². The van der Waals surface area contributed by atoms with Crippen molar-refractivity contribution in [3.63, 3.8) is 0 Å². The van der Waals surface area contributed by atoms with E-state index in [1.54, 1.807) is 61.7 Å². The van der Waals surface area contributed by atoms with Gasteiger partial charge in [0.1, 0.15) is 18.9 Å². The van der Waals surface area contributed by atoms with Crippen LogP contribution >= 0.6 is 0 Å². The quantitative estimate of drug-likeness (QED) is 0.433. The van der Waals surface area contributed by atoms with E-state index in [4.69, 9.17) is 14.2 Å². The van der Waals surface area contributed by atoms with Gasteiger partial charge in [-0.3, -0.25) is 9.10 Å². The highest BCUT2D eigenvalue weighted by Crippen LogP contribution is 2.27. The topological polar surface area (TPSA) is 94.2 Å². The van der Waals surface area contributed by atoms with Crippen molar-refractivity contribution < 1.29 is 27.4 Å². The van der Waals surface area contributed by atoms with E-state index in [1.165, 1.54) is 19.2 Å². The molecule has 0 atom stereocenters. The molecule has 0 fully saturated rings. The zero-order chi connectivity index (χ0) is 23.7. The van der Waals surface area contributed by atoms with E-state index < -0.39 is 22.5 Å². The Morgan fingerprint density at radius 3 is 2.27 bits per heavy atom. The number of para-hydroxylation sites is 2. The number of carbonyl (C=O) groups excluding carboxylic acids is 1. The van der Waals surface area contributed by atoms with E-state index in [2.05, 4.69) is 5.32 Å². The molecule has 8 nitrogen and oxygen atoms in total. The van der Waals surface area contributed by atoms with Crippen LogP contribution in [-0.2, 0) is 14.8 Å². The predicted molar refractivity (Wildman–Crippen MR) is 125 cm³/mol. The lowest BCUT2D eigenvalue weighted by Gasteiger charge is -2.24. The molecular formula is C24H26N2O6S. The summed E-state index contributed by atoms with van der Waals surface area (Å²) in [5.74, 6) is 1.15. The van der Waals surface area contributed by atoms with Gasteiger partial charge in [-0.2, -0.15) is 0 Å². The lowest BCUT2D eigenvalue weighted by molar-refractivity contribution is -0.119. The maximum absolute atomic E-state index is 13.3. The van der Waals surface area contributed by atoms with Crippen LogP contribution in [0.5, 0.6) is 17.2 Å². The smallest absolute Gasteiger partial charge is 0.264 e. The highest BCUT2D eigenvalue weighted by atomic mass is 32.2. The number of nitrogens with one attached hydrogen (secondary N) is 1. The van der Waals surface area contributed by atoms with Crippen LogP contribution < -0.4 is 23.8 Å². The Labute approximate surface area is 193 Å². The second-order valence-electron chi connectivity index (χ2n) is 6.88. The molecular weight excluding hydrogens is 444 g/mol. The summed E-state index contributed by atoms with van der Waals surface area (Å²) >= 11 is 0. The summed E-state index contributed by atoms with van der Waals surface area (Å²) in [6, 6.07) is 21.7. The van der Waals surface area contributed by atoms with Crippen LogP contribution in [0.3, 0.4) is 0 Å². The number of amides is 1. The molecule has 0 saturated carbocycles. The Morgan fingerprint density at radius 1 is 0.879 bits per heavy atom. The molecule has 0 aliphatic heterocycles. The number of ether oxygens (including phenoxy) is 3. The molecule has 9 heteroatoms. The molecule has 0 aromatic heterocycles.